The first kappa shape index (κ1) is 22.1. The maximum Gasteiger partial charge on any atom is 0.425 e. The topological polar surface area (TPSA) is 93.3 Å². The van der Waals surface area contributed by atoms with E-state index in [0.29, 0.717) is 11.5 Å². The molecule has 0 spiro atoms. The van der Waals surface area contributed by atoms with Crippen molar-refractivity contribution in [2.24, 2.45) is 0 Å². The number of nitriles is 1. The van der Waals surface area contributed by atoms with Crippen molar-refractivity contribution in [3.8, 4) is 23.4 Å². The number of hydrogen-bond donors (Lipinski definition) is 0. The van der Waals surface area contributed by atoms with Gasteiger partial charge in [-0.3, -0.25) is 4.79 Å². The molecule has 33 heavy (non-hydrogen) atoms. The Bertz CT molecular complexity index is 1210. The van der Waals surface area contributed by atoms with Gasteiger partial charge in [-0.15, -0.1) is 0 Å². The Kier molecular flexibility index (Phi) is 5.68. The normalized spacial score (nSPS) is 13.9. The number of carbonyl (C=O) groups excluding carboxylic acids is 1. The Morgan fingerprint density at radius 1 is 1.24 bits per heavy atom. The third kappa shape index (κ3) is 4.19. The highest BCUT2D eigenvalue weighted by atomic mass is 19.4. The summed E-state index contributed by atoms with van der Waals surface area (Å²) >= 11 is 0. The van der Waals surface area contributed by atoms with Crippen LogP contribution in [0.1, 0.15) is 34.1 Å². The van der Waals surface area contributed by atoms with Gasteiger partial charge in [0.2, 0.25) is 0 Å². The number of aromatic nitrogens is 3. The number of hydrogen-bond acceptors (Lipinski definition) is 6. The average Bonchev–Trinajstić information content (AvgIpc) is 3.37. The van der Waals surface area contributed by atoms with E-state index in [1.165, 1.54) is 24.1 Å². The van der Waals surface area contributed by atoms with Gasteiger partial charge in [-0.2, -0.15) is 23.5 Å². The van der Waals surface area contributed by atoms with Crippen LogP contribution in [-0.4, -0.2) is 45.0 Å². The van der Waals surface area contributed by atoms with Crippen LogP contribution in [0.5, 0.6) is 11.5 Å². The van der Waals surface area contributed by atoms with E-state index >= 15 is 0 Å². The number of pyridine rings is 1. The first-order valence-corrected chi connectivity index (χ1v) is 9.85. The van der Waals surface area contributed by atoms with Crippen molar-refractivity contribution in [1.82, 2.24) is 19.7 Å². The van der Waals surface area contributed by atoms with Crippen molar-refractivity contribution >= 4 is 5.91 Å². The predicted octanol–water partition coefficient (Wildman–Crippen LogP) is 3.63. The number of methoxy groups -OCH3 is 1. The van der Waals surface area contributed by atoms with Gasteiger partial charge >= 0.3 is 6.18 Å². The lowest BCUT2D eigenvalue weighted by Gasteiger charge is -2.23. The molecule has 11 heteroatoms. The molecule has 1 amide bonds. The van der Waals surface area contributed by atoms with Crippen LogP contribution in [-0.2, 0) is 13.1 Å². The van der Waals surface area contributed by atoms with E-state index in [2.05, 4.69) is 10.1 Å². The number of carbonyl (C=O) groups is 1. The standard InChI is InChI=1S/C22H18F3N5O3/c1-13(22(23,24)25)33-17-7-6-14(9-26)20(32-2)19(17)21(31)29-10-15-11-30(28-16(15)12-29)18-5-3-4-8-27-18/h3-8,11,13H,10,12H2,1-2H3/t13-/m0/s1. The second kappa shape index (κ2) is 8.46. The van der Waals surface area contributed by atoms with Gasteiger partial charge in [0.1, 0.15) is 17.4 Å². The van der Waals surface area contributed by atoms with Crippen LogP contribution in [0, 0.1) is 11.3 Å². The number of fused-ring (bicyclic) bond motifs is 1. The smallest absolute Gasteiger partial charge is 0.425 e. The van der Waals surface area contributed by atoms with Crippen LogP contribution in [0.3, 0.4) is 0 Å². The molecule has 3 aromatic rings. The maximum absolute atomic E-state index is 13.4. The molecule has 3 heterocycles. The molecule has 0 bridgehead atoms. The van der Waals surface area contributed by atoms with Crippen molar-refractivity contribution in [3.63, 3.8) is 0 Å². The molecule has 170 valence electrons. The Morgan fingerprint density at radius 2 is 2.03 bits per heavy atom. The molecule has 1 aliphatic heterocycles. The highest BCUT2D eigenvalue weighted by Crippen LogP contribution is 2.37. The van der Waals surface area contributed by atoms with Crippen molar-refractivity contribution in [2.75, 3.05) is 7.11 Å². The number of halogens is 3. The van der Waals surface area contributed by atoms with E-state index in [9.17, 15) is 23.2 Å². The van der Waals surface area contributed by atoms with Gasteiger partial charge in [-0.25, -0.2) is 9.67 Å². The van der Waals surface area contributed by atoms with E-state index in [-0.39, 0.29) is 35.7 Å². The molecule has 0 radical (unpaired) electrons. The summed E-state index contributed by atoms with van der Waals surface area (Å²) in [6.45, 7) is 1.14. The number of nitrogens with zero attached hydrogens (tertiary/aromatic N) is 5. The van der Waals surface area contributed by atoms with E-state index in [1.54, 1.807) is 29.2 Å². The van der Waals surface area contributed by atoms with Crippen LogP contribution in [0.2, 0.25) is 0 Å². The summed E-state index contributed by atoms with van der Waals surface area (Å²) in [5.41, 5.74) is 1.17. The number of rotatable bonds is 5. The van der Waals surface area contributed by atoms with Crippen molar-refractivity contribution in [1.29, 1.82) is 5.26 Å². The molecule has 1 aromatic carbocycles. The molecular formula is C22H18F3N5O3. The van der Waals surface area contributed by atoms with E-state index < -0.39 is 18.2 Å². The lowest BCUT2D eigenvalue weighted by Crippen LogP contribution is -2.33. The number of ether oxygens (including phenoxy) is 2. The molecule has 8 nitrogen and oxygen atoms in total. The Balaban J connectivity index is 1.65. The fourth-order valence-electron chi connectivity index (χ4n) is 3.48. The molecular weight excluding hydrogens is 439 g/mol. The van der Waals surface area contributed by atoms with Crippen LogP contribution in [0.15, 0.2) is 42.7 Å². The zero-order valence-electron chi connectivity index (χ0n) is 17.6. The summed E-state index contributed by atoms with van der Waals surface area (Å²) in [5.74, 6) is -0.470. The van der Waals surface area contributed by atoms with Gasteiger partial charge in [0.05, 0.1) is 24.9 Å². The lowest BCUT2D eigenvalue weighted by molar-refractivity contribution is -0.189. The quantitative estimate of drug-likeness (QED) is 0.581. The fraction of sp³-hybridized carbons (Fsp3) is 0.273. The SMILES string of the molecule is COc1c(C#N)ccc(O[C@@H](C)C(F)(F)F)c1C(=O)N1Cc2cn(-c3ccccn3)nc2C1. The minimum atomic E-state index is -4.64. The Labute approximate surface area is 186 Å². The van der Waals surface area contributed by atoms with Crippen LogP contribution >= 0.6 is 0 Å². The van der Waals surface area contributed by atoms with E-state index in [1.807, 2.05) is 12.1 Å². The minimum absolute atomic E-state index is 0.00476. The minimum Gasteiger partial charge on any atom is -0.494 e. The van der Waals surface area contributed by atoms with Crippen molar-refractivity contribution in [2.45, 2.75) is 32.3 Å². The molecule has 0 unspecified atom stereocenters. The molecule has 1 aliphatic rings. The predicted molar refractivity (Wildman–Crippen MR) is 109 cm³/mol. The first-order chi connectivity index (χ1) is 15.7. The lowest BCUT2D eigenvalue weighted by atomic mass is 10.1. The Morgan fingerprint density at radius 3 is 2.64 bits per heavy atom. The zero-order valence-corrected chi connectivity index (χ0v) is 17.6. The summed E-state index contributed by atoms with van der Waals surface area (Å²) < 4.78 is 51.2. The molecule has 0 saturated carbocycles. The van der Waals surface area contributed by atoms with Gasteiger partial charge in [-0.1, -0.05) is 6.07 Å². The van der Waals surface area contributed by atoms with Gasteiger partial charge in [-0.05, 0) is 31.2 Å². The first-order valence-electron chi connectivity index (χ1n) is 9.85. The highest BCUT2D eigenvalue weighted by Gasteiger charge is 2.40. The van der Waals surface area contributed by atoms with Gasteiger partial charge in [0, 0.05) is 24.5 Å². The maximum atomic E-state index is 13.4. The summed E-state index contributed by atoms with van der Waals surface area (Å²) in [5, 5.41) is 13.8. The summed E-state index contributed by atoms with van der Waals surface area (Å²) in [6, 6.07) is 9.70. The third-order valence-corrected chi connectivity index (χ3v) is 5.17. The molecule has 0 aliphatic carbocycles. The van der Waals surface area contributed by atoms with E-state index in [4.69, 9.17) is 9.47 Å². The monoisotopic (exact) mass is 457 g/mol. The Hall–Kier alpha value is -4.07. The van der Waals surface area contributed by atoms with Crippen molar-refractivity contribution < 1.29 is 27.4 Å². The second-order valence-electron chi connectivity index (χ2n) is 7.33. The molecule has 0 saturated heterocycles. The van der Waals surface area contributed by atoms with Crippen LogP contribution < -0.4 is 9.47 Å². The van der Waals surface area contributed by atoms with Gasteiger partial charge in [0.25, 0.3) is 5.91 Å². The molecule has 0 fully saturated rings. The average molecular weight is 457 g/mol. The van der Waals surface area contributed by atoms with Gasteiger partial charge in [0.15, 0.2) is 17.7 Å². The number of alkyl halides is 3. The summed E-state index contributed by atoms with van der Waals surface area (Å²) in [7, 11) is 1.24. The number of benzene rings is 1. The van der Waals surface area contributed by atoms with Crippen molar-refractivity contribution in [3.05, 3.63) is 65.1 Å². The van der Waals surface area contributed by atoms with Crippen LogP contribution in [0.25, 0.3) is 5.82 Å². The highest BCUT2D eigenvalue weighted by molar-refractivity contribution is 6.00. The summed E-state index contributed by atoms with van der Waals surface area (Å²) in [6.07, 6.45) is -3.42. The molecule has 4 rings (SSSR count). The van der Waals surface area contributed by atoms with E-state index in [0.717, 1.165) is 12.5 Å². The number of amides is 1. The van der Waals surface area contributed by atoms with Gasteiger partial charge < -0.3 is 14.4 Å². The zero-order chi connectivity index (χ0) is 23.8. The largest absolute Gasteiger partial charge is 0.494 e. The fourth-order valence-corrected chi connectivity index (χ4v) is 3.48. The summed E-state index contributed by atoms with van der Waals surface area (Å²) in [4.78, 5) is 19.0. The second-order valence-corrected chi connectivity index (χ2v) is 7.33. The molecule has 0 N–H and O–H groups in total. The third-order valence-electron chi connectivity index (χ3n) is 5.17. The van der Waals surface area contributed by atoms with Crippen LogP contribution in [0.4, 0.5) is 13.2 Å². The molecule has 2 aromatic heterocycles. The molecule has 1 atom stereocenters.